The van der Waals surface area contributed by atoms with Gasteiger partial charge in [-0.25, -0.2) is 0 Å². The van der Waals surface area contributed by atoms with Gasteiger partial charge in [-0.2, -0.15) is 0 Å². The summed E-state index contributed by atoms with van der Waals surface area (Å²) in [5, 5.41) is 8.99. The molecule has 1 rings (SSSR count). The first-order valence-corrected chi connectivity index (χ1v) is 4.31. The van der Waals surface area contributed by atoms with Crippen LogP contribution in [-0.4, -0.2) is 32.2 Å². The highest BCUT2D eigenvalue weighted by molar-refractivity contribution is 5.29. The highest BCUT2D eigenvalue weighted by atomic mass is 16.7. The molecular weight excluding hydrogens is 184 g/mol. The van der Waals surface area contributed by atoms with E-state index >= 15 is 0 Å². The second-order valence-electron chi connectivity index (χ2n) is 2.66. The molecule has 1 N–H and O–H groups in total. The first-order valence-electron chi connectivity index (χ1n) is 4.31. The predicted molar refractivity (Wildman–Crippen MR) is 51.4 cm³/mol. The van der Waals surface area contributed by atoms with E-state index in [9.17, 15) is 0 Å². The zero-order chi connectivity index (χ0) is 10.2. The molecule has 0 aliphatic carbocycles. The predicted octanol–water partition coefficient (Wildman–Crippen LogP) is 1.39. The topological polar surface area (TPSA) is 47.9 Å². The second kappa shape index (κ2) is 6.23. The quantitative estimate of drug-likeness (QED) is 0.554. The number of phenolic OH excluding ortho intramolecular Hbond substituents is 1. The molecule has 0 aliphatic rings. The van der Waals surface area contributed by atoms with Gasteiger partial charge in [0.2, 0.25) is 0 Å². The molecule has 0 amide bonds. The fourth-order valence-electron chi connectivity index (χ4n) is 0.853. The van der Waals surface area contributed by atoms with Crippen LogP contribution in [0.5, 0.6) is 11.5 Å². The molecule has 14 heavy (non-hydrogen) atoms. The van der Waals surface area contributed by atoms with Crippen LogP contribution >= 0.6 is 0 Å². The smallest absolute Gasteiger partial charge is 0.189 e. The van der Waals surface area contributed by atoms with E-state index in [4.69, 9.17) is 19.3 Å². The van der Waals surface area contributed by atoms with Crippen LogP contribution in [0.1, 0.15) is 0 Å². The van der Waals surface area contributed by atoms with Crippen LogP contribution in [0.15, 0.2) is 24.3 Å². The Balaban J connectivity index is 2.15. The molecule has 0 heterocycles. The third-order valence-corrected chi connectivity index (χ3v) is 1.58. The lowest BCUT2D eigenvalue weighted by Crippen LogP contribution is -2.07. The summed E-state index contributed by atoms with van der Waals surface area (Å²) in [5.74, 6) is 0.887. The summed E-state index contributed by atoms with van der Waals surface area (Å²) in [6.45, 7) is 1.25. The van der Waals surface area contributed by atoms with Crippen molar-refractivity contribution < 1.29 is 19.3 Å². The van der Waals surface area contributed by atoms with Gasteiger partial charge in [0.05, 0.1) is 13.2 Å². The number of hydrogen-bond acceptors (Lipinski definition) is 4. The largest absolute Gasteiger partial charge is 0.508 e. The lowest BCUT2D eigenvalue weighted by Gasteiger charge is -2.06. The summed E-state index contributed by atoms with van der Waals surface area (Å²) in [6, 6.07) is 6.47. The average molecular weight is 198 g/mol. The Hall–Kier alpha value is -1.26. The fourth-order valence-corrected chi connectivity index (χ4v) is 0.853. The summed E-state index contributed by atoms with van der Waals surface area (Å²) in [5.41, 5.74) is 0. The Labute approximate surface area is 83.0 Å². The minimum atomic E-state index is 0.189. The van der Waals surface area contributed by atoms with Crippen LogP contribution in [0.3, 0.4) is 0 Å². The summed E-state index contributed by atoms with van der Waals surface area (Å²) in [7, 11) is 1.62. The van der Waals surface area contributed by atoms with Crippen LogP contribution in [0.4, 0.5) is 0 Å². The van der Waals surface area contributed by atoms with E-state index in [2.05, 4.69) is 0 Å². The molecule has 0 aliphatic heterocycles. The van der Waals surface area contributed by atoms with E-state index in [0.29, 0.717) is 19.0 Å². The molecule has 0 spiro atoms. The van der Waals surface area contributed by atoms with Crippen LogP contribution in [-0.2, 0) is 9.47 Å². The number of phenols is 1. The first-order chi connectivity index (χ1) is 6.83. The number of methoxy groups -OCH3 is 1. The zero-order valence-corrected chi connectivity index (χ0v) is 8.10. The van der Waals surface area contributed by atoms with Crippen molar-refractivity contribution >= 4 is 0 Å². The van der Waals surface area contributed by atoms with E-state index in [-0.39, 0.29) is 12.5 Å². The van der Waals surface area contributed by atoms with Gasteiger partial charge in [0, 0.05) is 7.11 Å². The Kier molecular flexibility index (Phi) is 4.82. The molecule has 1 aromatic carbocycles. The van der Waals surface area contributed by atoms with Crippen LogP contribution in [0.25, 0.3) is 0 Å². The SMILES string of the molecule is COCCOCOc1ccc(O)cc1. The van der Waals surface area contributed by atoms with Crippen molar-refractivity contribution in [3.8, 4) is 11.5 Å². The van der Waals surface area contributed by atoms with Crippen molar-refractivity contribution in [2.45, 2.75) is 0 Å². The summed E-state index contributed by atoms with van der Waals surface area (Å²) >= 11 is 0. The molecule has 0 saturated carbocycles. The highest BCUT2D eigenvalue weighted by Gasteiger charge is 1.93. The molecule has 0 unspecified atom stereocenters. The molecule has 0 radical (unpaired) electrons. The first kappa shape index (κ1) is 10.8. The normalized spacial score (nSPS) is 10.1. The van der Waals surface area contributed by atoms with Gasteiger partial charge in [0.1, 0.15) is 11.5 Å². The van der Waals surface area contributed by atoms with E-state index in [1.807, 2.05) is 0 Å². The summed E-state index contributed by atoms with van der Waals surface area (Å²) in [6.07, 6.45) is 0. The van der Waals surface area contributed by atoms with Gasteiger partial charge in [-0.15, -0.1) is 0 Å². The van der Waals surface area contributed by atoms with Gasteiger partial charge in [-0.1, -0.05) is 0 Å². The zero-order valence-electron chi connectivity index (χ0n) is 8.10. The van der Waals surface area contributed by atoms with E-state index in [1.54, 1.807) is 31.4 Å². The van der Waals surface area contributed by atoms with Crippen LogP contribution in [0, 0.1) is 0 Å². The van der Waals surface area contributed by atoms with Crippen molar-refractivity contribution in [2.75, 3.05) is 27.1 Å². The Morgan fingerprint density at radius 3 is 2.50 bits per heavy atom. The number of rotatable bonds is 6. The molecule has 1 aromatic rings. The van der Waals surface area contributed by atoms with Crippen LogP contribution < -0.4 is 4.74 Å². The third kappa shape index (κ3) is 4.11. The standard InChI is InChI=1S/C10H14O4/c1-12-6-7-13-8-14-10-4-2-9(11)3-5-10/h2-5,11H,6-8H2,1H3. The maximum absolute atomic E-state index is 8.99. The van der Waals surface area contributed by atoms with E-state index < -0.39 is 0 Å². The molecular formula is C10H14O4. The maximum atomic E-state index is 8.99. The maximum Gasteiger partial charge on any atom is 0.189 e. The van der Waals surface area contributed by atoms with Crippen molar-refractivity contribution in [2.24, 2.45) is 0 Å². The number of benzene rings is 1. The molecule has 0 fully saturated rings. The van der Waals surface area contributed by atoms with Gasteiger partial charge < -0.3 is 19.3 Å². The number of hydrogen-bond donors (Lipinski definition) is 1. The van der Waals surface area contributed by atoms with Gasteiger partial charge in [0.25, 0.3) is 0 Å². The highest BCUT2D eigenvalue weighted by Crippen LogP contribution is 2.15. The average Bonchev–Trinajstić information content (AvgIpc) is 2.21. The Morgan fingerprint density at radius 2 is 1.86 bits per heavy atom. The minimum absolute atomic E-state index is 0.189. The van der Waals surface area contributed by atoms with Gasteiger partial charge in [-0.3, -0.25) is 0 Å². The Bertz CT molecular complexity index is 245. The molecule has 0 aromatic heterocycles. The van der Waals surface area contributed by atoms with Crippen molar-refractivity contribution in [3.05, 3.63) is 24.3 Å². The molecule has 0 atom stereocenters. The number of aromatic hydroxyl groups is 1. The molecule has 0 bridgehead atoms. The lowest BCUT2D eigenvalue weighted by molar-refractivity contribution is -0.00848. The molecule has 4 nitrogen and oxygen atoms in total. The lowest BCUT2D eigenvalue weighted by atomic mass is 10.3. The molecule has 78 valence electrons. The van der Waals surface area contributed by atoms with Gasteiger partial charge >= 0.3 is 0 Å². The van der Waals surface area contributed by atoms with Crippen molar-refractivity contribution in [1.82, 2.24) is 0 Å². The van der Waals surface area contributed by atoms with E-state index in [1.165, 1.54) is 0 Å². The summed E-state index contributed by atoms with van der Waals surface area (Å²) < 4.78 is 15.1. The van der Waals surface area contributed by atoms with Gasteiger partial charge in [0.15, 0.2) is 6.79 Å². The van der Waals surface area contributed by atoms with Crippen molar-refractivity contribution in [3.63, 3.8) is 0 Å². The fraction of sp³-hybridized carbons (Fsp3) is 0.400. The van der Waals surface area contributed by atoms with Gasteiger partial charge in [-0.05, 0) is 24.3 Å². The second-order valence-corrected chi connectivity index (χ2v) is 2.66. The number of ether oxygens (including phenoxy) is 3. The van der Waals surface area contributed by atoms with Crippen LogP contribution in [0.2, 0.25) is 0 Å². The Morgan fingerprint density at radius 1 is 1.14 bits per heavy atom. The summed E-state index contributed by atoms with van der Waals surface area (Å²) in [4.78, 5) is 0. The monoisotopic (exact) mass is 198 g/mol. The van der Waals surface area contributed by atoms with E-state index in [0.717, 1.165) is 0 Å². The molecule has 4 heteroatoms. The molecule has 0 saturated heterocycles. The van der Waals surface area contributed by atoms with Crippen molar-refractivity contribution in [1.29, 1.82) is 0 Å². The minimum Gasteiger partial charge on any atom is -0.508 e. The third-order valence-electron chi connectivity index (χ3n) is 1.58.